The first-order valence-corrected chi connectivity index (χ1v) is 11.1. The summed E-state index contributed by atoms with van der Waals surface area (Å²) < 4.78 is 5.33. The summed E-state index contributed by atoms with van der Waals surface area (Å²) in [5.41, 5.74) is 0.0910. The fourth-order valence-electron chi connectivity index (χ4n) is 3.10. The molecule has 5 nitrogen and oxygen atoms in total. The Morgan fingerprint density at radius 1 is 1.07 bits per heavy atom. The average Bonchev–Trinajstić information content (AvgIpc) is 3.06. The van der Waals surface area contributed by atoms with Gasteiger partial charge in [-0.25, -0.2) is 9.59 Å². The van der Waals surface area contributed by atoms with Crippen molar-refractivity contribution in [2.24, 2.45) is 5.92 Å². The Kier molecular flexibility index (Phi) is 11.8. The van der Waals surface area contributed by atoms with Crippen LogP contribution in [0.4, 0.5) is 9.80 Å². The number of anilines is 1. The van der Waals surface area contributed by atoms with E-state index < -0.39 is 12.1 Å². The van der Waals surface area contributed by atoms with Gasteiger partial charge in [0.15, 0.2) is 0 Å². The number of carboxylic acids is 1. The largest absolute Gasteiger partial charge is 0.478 e. The van der Waals surface area contributed by atoms with Crippen LogP contribution < -0.4 is 5.32 Å². The number of nitrogens with one attached hydrogen (secondary N) is 1. The van der Waals surface area contributed by atoms with Crippen molar-refractivity contribution in [3.63, 3.8) is 0 Å². The number of unbranched alkanes of at least 4 members (excludes halogenated alkanes) is 5. The fraction of sp³-hybridized carbons (Fsp3) is 0.714. The summed E-state index contributed by atoms with van der Waals surface area (Å²) in [6, 6.07) is 1.47. The summed E-state index contributed by atoms with van der Waals surface area (Å²) in [6.07, 6.45) is 11.5. The van der Waals surface area contributed by atoms with Crippen molar-refractivity contribution in [1.82, 2.24) is 0 Å². The maximum atomic E-state index is 11.9. The third-order valence-corrected chi connectivity index (χ3v) is 5.61. The molecule has 1 aromatic heterocycles. The van der Waals surface area contributed by atoms with Crippen molar-refractivity contribution in [1.29, 1.82) is 0 Å². The van der Waals surface area contributed by atoms with Gasteiger partial charge >= 0.3 is 12.1 Å². The molecule has 2 unspecified atom stereocenters. The number of carboxylic acid groups (broad SMARTS) is 1. The Morgan fingerprint density at radius 3 is 2.37 bits per heavy atom. The molecule has 0 bridgehead atoms. The van der Waals surface area contributed by atoms with Gasteiger partial charge in [-0.1, -0.05) is 65.2 Å². The molecule has 0 radical (unpaired) electrons. The average molecular weight is 398 g/mol. The van der Waals surface area contributed by atoms with E-state index in [2.05, 4.69) is 19.2 Å². The van der Waals surface area contributed by atoms with Crippen LogP contribution in [0.25, 0.3) is 0 Å². The fourth-order valence-corrected chi connectivity index (χ4v) is 3.87. The number of amides is 1. The molecule has 1 aromatic rings. The van der Waals surface area contributed by atoms with Gasteiger partial charge in [0.05, 0.1) is 5.56 Å². The molecule has 0 aliphatic rings. The number of hydrogen-bond donors (Lipinski definition) is 2. The van der Waals surface area contributed by atoms with Crippen LogP contribution in [-0.4, -0.2) is 23.3 Å². The van der Waals surface area contributed by atoms with E-state index in [4.69, 9.17) is 9.84 Å². The lowest BCUT2D eigenvalue weighted by atomic mass is 9.96. The van der Waals surface area contributed by atoms with Crippen LogP contribution in [0, 0.1) is 5.92 Å². The highest BCUT2D eigenvalue weighted by atomic mass is 32.1. The SMILES string of the molecule is CCCCCCCC(C)CCCCC(C)OC(=O)Nc1sccc1C(=O)O. The smallest absolute Gasteiger partial charge is 0.412 e. The standard InChI is InChI=1S/C21H35NO4S/c1-4-5-6-7-8-11-16(2)12-9-10-13-17(3)26-21(25)22-19-18(20(23)24)14-15-27-19/h14-17H,4-13H2,1-3H3,(H,22,25)(H,23,24). The number of rotatable bonds is 14. The first-order chi connectivity index (χ1) is 12.9. The van der Waals surface area contributed by atoms with E-state index in [-0.39, 0.29) is 11.7 Å². The van der Waals surface area contributed by atoms with Crippen molar-refractivity contribution in [2.75, 3.05) is 5.32 Å². The molecule has 0 spiro atoms. The topological polar surface area (TPSA) is 75.6 Å². The van der Waals surface area contributed by atoms with E-state index in [0.29, 0.717) is 5.00 Å². The van der Waals surface area contributed by atoms with Gasteiger partial charge in [0.1, 0.15) is 11.1 Å². The van der Waals surface area contributed by atoms with Gasteiger partial charge < -0.3 is 9.84 Å². The molecule has 154 valence electrons. The molecule has 0 aromatic carbocycles. The summed E-state index contributed by atoms with van der Waals surface area (Å²) in [5, 5.41) is 13.5. The molecule has 1 heterocycles. The second-order valence-electron chi connectivity index (χ2n) is 7.40. The molecule has 1 rings (SSSR count). The van der Waals surface area contributed by atoms with Crippen LogP contribution in [-0.2, 0) is 4.74 Å². The third-order valence-electron chi connectivity index (χ3n) is 4.78. The summed E-state index contributed by atoms with van der Waals surface area (Å²) in [4.78, 5) is 23.0. The highest BCUT2D eigenvalue weighted by molar-refractivity contribution is 7.14. The predicted molar refractivity (Wildman–Crippen MR) is 112 cm³/mol. The minimum atomic E-state index is -1.06. The van der Waals surface area contributed by atoms with Crippen molar-refractivity contribution >= 4 is 28.4 Å². The van der Waals surface area contributed by atoms with Gasteiger partial charge in [-0.2, -0.15) is 0 Å². The maximum Gasteiger partial charge on any atom is 0.412 e. The van der Waals surface area contributed by atoms with Crippen LogP contribution in [0.3, 0.4) is 0 Å². The normalized spacial score (nSPS) is 13.1. The lowest BCUT2D eigenvalue weighted by molar-refractivity contribution is 0.0698. The zero-order valence-electron chi connectivity index (χ0n) is 17.0. The summed E-state index contributed by atoms with van der Waals surface area (Å²) in [5.74, 6) is -0.293. The van der Waals surface area contributed by atoms with Crippen LogP contribution in [0.2, 0.25) is 0 Å². The molecule has 0 aliphatic carbocycles. The van der Waals surface area contributed by atoms with E-state index in [1.807, 2.05) is 6.92 Å². The van der Waals surface area contributed by atoms with E-state index in [1.165, 1.54) is 62.3 Å². The molecule has 6 heteroatoms. The molecular weight excluding hydrogens is 362 g/mol. The molecule has 0 aliphatic heterocycles. The molecule has 0 saturated heterocycles. The Hall–Kier alpha value is -1.56. The first-order valence-electron chi connectivity index (χ1n) is 10.2. The second kappa shape index (κ2) is 13.6. The van der Waals surface area contributed by atoms with E-state index in [1.54, 1.807) is 5.38 Å². The third kappa shape index (κ3) is 10.4. The highest BCUT2D eigenvalue weighted by Gasteiger charge is 2.16. The zero-order chi connectivity index (χ0) is 20.1. The van der Waals surface area contributed by atoms with Gasteiger partial charge in [0, 0.05) is 0 Å². The van der Waals surface area contributed by atoms with Crippen molar-refractivity contribution in [3.8, 4) is 0 Å². The summed E-state index contributed by atoms with van der Waals surface area (Å²) >= 11 is 1.18. The van der Waals surface area contributed by atoms with E-state index >= 15 is 0 Å². The Bertz CT molecular complexity index is 558. The number of carbonyl (C=O) groups excluding carboxylic acids is 1. The zero-order valence-corrected chi connectivity index (χ0v) is 17.8. The lowest BCUT2D eigenvalue weighted by Gasteiger charge is -2.15. The predicted octanol–water partition coefficient (Wildman–Crippen LogP) is 6.94. The lowest BCUT2D eigenvalue weighted by Crippen LogP contribution is -2.20. The molecule has 0 fully saturated rings. The highest BCUT2D eigenvalue weighted by Crippen LogP contribution is 2.23. The van der Waals surface area contributed by atoms with E-state index in [9.17, 15) is 9.59 Å². The van der Waals surface area contributed by atoms with Crippen LogP contribution in [0.15, 0.2) is 11.4 Å². The number of aromatic carboxylic acids is 1. The van der Waals surface area contributed by atoms with Gasteiger partial charge in [-0.05, 0) is 37.1 Å². The number of ether oxygens (including phenoxy) is 1. The molecular formula is C21H35NO4S. The number of thiophene rings is 1. The molecule has 0 saturated carbocycles. The Balaban J connectivity index is 2.12. The van der Waals surface area contributed by atoms with Gasteiger partial charge in [0.25, 0.3) is 0 Å². The summed E-state index contributed by atoms with van der Waals surface area (Å²) in [6.45, 7) is 6.45. The van der Waals surface area contributed by atoms with Crippen LogP contribution >= 0.6 is 11.3 Å². The minimum Gasteiger partial charge on any atom is -0.478 e. The monoisotopic (exact) mass is 397 g/mol. The van der Waals surface area contributed by atoms with Gasteiger partial charge in [-0.15, -0.1) is 11.3 Å². The van der Waals surface area contributed by atoms with Gasteiger partial charge in [0.2, 0.25) is 0 Å². The first kappa shape index (κ1) is 23.5. The Morgan fingerprint density at radius 2 is 1.70 bits per heavy atom. The quantitative estimate of drug-likeness (QED) is 0.333. The van der Waals surface area contributed by atoms with Crippen LogP contribution in [0.5, 0.6) is 0 Å². The van der Waals surface area contributed by atoms with Gasteiger partial charge in [-0.3, -0.25) is 5.32 Å². The molecule has 2 N–H and O–H groups in total. The summed E-state index contributed by atoms with van der Waals surface area (Å²) in [7, 11) is 0. The molecule has 2 atom stereocenters. The van der Waals surface area contributed by atoms with Crippen molar-refractivity contribution < 1.29 is 19.4 Å². The Labute approximate surface area is 167 Å². The maximum absolute atomic E-state index is 11.9. The van der Waals surface area contributed by atoms with E-state index in [0.717, 1.165) is 25.2 Å². The number of hydrogen-bond acceptors (Lipinski definition) is 4. The second-order valence-corrected chi connectivity index (χ2v) is 8.32. The van der Waals surface area contributed by atoms with Crippen molar-refractivity contribution in [3.05, 3.63) is 17.0 Å². The molecule has 27 heavy (non-hydrogen) atoms. The van der Waals surface area contributed by atoms with Crippen LogP contribution in [0.1, 0.15) is 95.3 Å². The molecule has 1 amide bonds. The van der Waals surface area contributed by atoms with Crippen molar-refractivity contribution in [2.45, 2.75) is 91.1 Å². The minimum absolute atomic E-state index is 0.0910. The number of carbonyl (C=O) groups is 2.